The van der Waals surface area contributed by atoms with E-state index in [0.717, 1.165) is 16.9 Å². The Morgan fingerprint density at radius 3 is 2.50 bits per heavy atom. The fourth-order valence-corrected chi connectivity index (χ4v) is 2.85. The van der Waals surface area contributed by atoms with Gasteiger partial charge in [0, 0.05) is 18.1 Å². The smallest absolute Gasteiger partial charge is 0.315 e. The second-order valence-electron chi connectivity index (χ2n) is 6.17. The fraction of sp³-hybridized carbons (Fsp3) is 0.350. The molecule has 2 amide bonds. The summed E-state index contributed by atoms with van der Waals surface area (Å²) in [6.07, 6.45) is 0. The zero-order valence-electron chi connectivity index (χ0n) is 15.5. The molecule has 0 spiro atoms. The van der Waals surface area contributed by atoms with Gasteiger partial charge in [0.05, 0.1) is 12.6 Å². The molecule has 1 unspecified atom stereocenters. The lowest BCUT2D eigenvalue weighted by Crippen LogP contribution is -2.40. The number of ether oxygens (including phenoxy) is 1. The number of benzene rings is 2. The molecule has 2 N–H and O–H groups in total. The normalized spacial score (nSPS) is 11.9. The number of hydrogen-bond acceptors (Lipinski definition) is 3. The van der Waals surface area contributed by atoms with E-state index < -0.39 is 0 Å². The van der Waals surface area contributed by atoms with Crippen LogP contribution >= 0.6 is 11.6 Å². The zero-order valence-corrected chi connectivity index (χ0v) is 16.2. The third-order valence-electron chi connectivity index (χ3n) is 4.00. The lowest BCUT2D eigenvalue weighted by Gasteiger charge is -2.25. The van der Waals surface area contributed by atoms with Crippen molar-refractivity contribution in [1.29, 1.82) is 0 Å². The van der Waals surface area contributed by atoms with Crippen LogP contribution in [-0.4, -0.2) is 38.2 Å². The molecule has 0 aliphatic carbocycles. The van der Waals surface area contributed by atoms with Crippen LogP contribution in [0, 0.1) is 0 Å². The second-order valence-corrected chi connectivity index (χ2v) is 6.61. The molecule has 2 aromatic carbocycles. The quantitative estimate of drug-likeness (QED) is 0.737. The van der Waals surface area contributed by atoms with Crippen LogP contribution in [-0.2, 0) is 6.54 Å². The first-order valence-corrected chi connectivity index (χ1v) is 9.02. The highest BCUT2D eigenvalue weighted by Crippen LogP contribution is 2.21. The van der Waals surface area contributed by atoms with Crippen molar-refractivity contribution in [2.24, 2.45) is 0 Å². The van der Waals surface area contributed by atoms with Gasteiger partial charge in [0.1, 0.15) is 5.75 Å². The molecule has 26 heavy (non-hydrogen) atoms. The van der Waals surface area contributed by atoms with Gasteiger partial charge >= 0.3 is 6.03 Å². The number of likely N-dealkylation sites (N-methyl/N-ethyl adjacent to an activating group) is 1. The standard InChI is InChI=1S/C20H26ClN3O2/c1-4-26-18-10-8-16(9-11-18)19(24(2)3)14-23-20(25)22-13-15-6-5-7-17(21)12-15/h5-12,19H,4,13-14H2,1-3H3,(H2,22,23,25). The molecular formula is C20H26ClN3O2. The van der Waals surface area contributed by atoms with Gasteiger partial charge in [0.2, 0.25) is 0 Å². The first-order valence-electron chi connectivity index (χ1n) is 8.65. The molecular weight excluding hydrogens is 350 g/mol. The molecule has 2 aromatic rings. The SMILES string of the molecule is CCOc1ccc(C(CNC(=O)NCc2cccc(Cl)c2)N(C)C)cc1. The number of urea groups is 1. The highest BCUT2D eigenvalue weighted by atomic mass is 35.5. The number of nitrogens with one attached hydrogen (secondary N) is 2. The Hall–Kier alpha value is -2.24. The maximum absolute atomic E-state index is 12.1. The van der Waals surface area contributed by atoms with Crippen molar-refractivity contribution in [3.8, 4) is 5.75 Å². The maximum Gasteiger partial charge on any atom is 0.315 e. The molecule has 140 valence electrons. The van der Waals surface area contributed by atoms with Gasteiger partial charge in [-0.25, -0.2) is 4.79 Å². The lowest BCUT2D eigenvalue weighted by atomic mass is 10.1. The summed E-state index contributed by atoms with van der Waals surface area (Å²) in [6, 6.07) is 15.3. The molecule has 1 atom stereocenters. The summed E-state index contributed by atoms with van der Waals surface area (Å²) in [4.78, 5) is 14.2. The Labute approximate surface area is 160 Å². The summed E-state index contributed by atoms with van der Waals surface area (Å²) >= 11 is 5.95. The molecule has 6 heteroatoms. The van der Waals surface area contributed by atoms with Crippen LogP contribution in [0.1, 0.15) is 24.1 Å². The minimum atomic E-state index is -0.206. The van der Waals surface area contributed by atoms with E-state index in [9.17, 15) is 4.79 Å². The van der Waals surface area contributed by atoms with Crippen molar-refractivity contribution in [2.45, 2.75) is 19.5 Å². The first-order chi connectivity index (χ1) is 12.5. The molecule has 0 heterocycles. The summed E-state index contributed by atoms with van der Waals surface area (Å²) < 4.78 is 5.48. The minimum absolute atomic E-state index is 0.0718. The van der Waals surface area contributed by atoms with Gasteiger partial charge in [-0.2, -0.15) is 0 Å². The highest BCUT2D eigenvalue weighted by molar-refractivity contribution is 6.30. The Balaban J connectivity index is 1.88. The van der Waals surface area contributed by atoms with Crippen molar-refractivity contribution < 1.29 is 9.53 Å². The van der Waals surface area contributed by atoms with E-state index >= 15 is 0 Å². The number of hydrogen-bond donors (Lipinski definition) is 2. The summed E-state index contributed by atoms with van der Waals surface area (Å²) in [6.45, 7) is 3.54. The summed E-state index contributed by atoms with van der Waals surface area (Å²) in [7, 11) is 3.99. The van der Waals surface area contributed by atoms with E-state index in [1.807, 2.05) is 69.6 Å². The van der Waals surface area contributed by atoms with Gasteiger partial charge in [-0.1, -0.05) is 35.9 Å². The van der Waals surface area contributed by atoms with Crippen molar-refractivity contribution >= 4 is 17.6 Å². The van der Waals surface area contributed by atoms with Gasteiger partial charge in [-0.05, 0) is 56.4 Å². The average molecular weight is 376 g/mol. The van der Waals surface area contributed by atoms with Crippen LogP contribution in [0.25, 0.3) is 0 Å². The number of halogens is 1. The van der Waals surface area contributed by atoms with Gasteiger partial charge in [0.25, 0.3) is 0 Å². The van der Waals surface area contributed by atoms with Crippen LogP contribution < -0.4 is 15.4 Å². The monoisotopic (exact) mass is 375 g/mol. The van der Waals surface area contributed by atoms with E-state index in [0.29, 0.717) is 24.7 Å². The molecule has 0 aliphatic rings. The molecule has 2 rings (SSSR count). The van der Waals surface area contributed by atoms with Gasteiger partial charge in [0.15, 0.2) is 0 Å². The van der Waals surface area contributed by atoms with E-state index in [2.05, 4.69) is 15.5 Å². The molecule has 0 aliphatic heterocycles. The lowest BCUT2D eigenvalue weighted by molar-refractivity contribution is 0.232. The highest BCUT2D eigenvalue weighted by Gasteiger charge is 2.15. The van der Waals surface area contributed by atoms with Gasteiger partial charge in [-0.3, -0.25) is 0 Å². The number of rotatable bonds is 8. The van der Waals surface area contributed by atoms with Crippen LogP contribution in [0.15, 0.2) is 48.5 Å². The molecule has 0 aromatic heterocycles. The number of nitrogens with zero attached hydrogens (tertiary/aromatic N) is 1. The van der Waals surface area contributed by atoms with E-state index in [-0.39, 0.29) is 12.1 Å². The van der Waals surface area contributed by atoms with Crippen molar-refractivity contribution in [3.05, 3.63) is 64.7 Å². The Kier molecular flexibility index (Phi) is 7.75. The topological polar surface area (TPSA) is 53.6 Å². The van der Waals surface area contributed by atoms with E-state index in [1.54, 1.807) is 0 Å². The molecule has 0 bridgehead atoms. The van der Waals surface area contributed by atoms with Crippen molar-refractivity contribution in [1.82, 2.24) is 15.5 Å². The Morgan fingerprint density at radius 2 is 1.88 bits per heavy atom. The van der Waals surface area contributed by atoms with E-state index in [4.69, 9.17) is 16.3 Å². The molecule has 0 saturated heterocycles. The van der Waals surface area contributed by atoms with Crippen LogP contribution in [0.3, 0.4) is 0 Å². The number of carbonyl (C=O) groups excluding carboxylic acids is 1. The van der Waals surface area contributed by atoms with E-state index in [1.165, 1.54) is 0 Å². The third-order valence-corrected chi connectivity index (χ3v) is 4.23. The summed E-state index contributed by atoms with van der Waals surface area (Å²) in [5.74, 6) is 0.848. The number of amides is 2. The van der Waals surface area contributed by atoms with Gasteiger partial charge < -0.3 is 20.3 Å². The third kappa shape index (κ3) is 6.24. The molecule has 0 fully saturated rings. The average Bonchev–Trinajstić information content (AvgIpc) is 2.61. The predicted molar refractivity (Wildman–Crippen MR) is 106 cm³/mol. The van der Waals surface area contributed by atoms with Crippen LogP contribution in [0.4, 0.5) is 4.79 Å². The molecule has 0 saturated carbocycles. The minimum Gasteiger partial charge on any atom is -0.494 e. The largest absolute Gasteiger partial charge is 0.494 e. The summed E-state index contributed by atoms with van der Waals surface area (Å²) in [5.41, 5.74) is 2.08. The fourth-order valence-electron chi connectivity index (χ4n) is 2.63. The van der Waals surface area contributed by atoms with Crippen molar-refractivity contribution in [2.75, 3.05) is 27.2 Å². The van der Waals surface area contributed by atoms with Crippen molar-refractivity contribution in [3.63, 3.8) is 0 Å². The Bertz CT molecular complexity index is 704. The Morgan fingerprint density at radius 1 is 1.15 bits per heavy atom. The summed E-state index contributed by atoms with van der Waals surface area (Å²) in [5, 5.41) is 6.44. The zero-order chi connectivity index (χ0) is 18.9. The number of carbonyl (C=O) groups is 1. The second kappa shape index (κ2) is 10.0. The molecule has 5 nitrogen and oxygen atoms in total. The first kappa shape index (κ1) is 20.1. The maximum atomic E-state index is 12.1. The predicted octanol–water partition coefficient (Wildman–Crippen LogP) is 3.84. The molecule has 0 radical (unpaired) electrons. The van der Waals surface area contributed by atoms with Crippen LogP contribution in [0.2, 0.25) is 5.02 Å². The van der Waals surface area contributed by atoms with Gasteiger partial charge in [-0.15, -0.1) is 0 Å². The van der Waals surface area contributed by atoms with Crippen LogP contribution in [0.5, 0.6) is 5.75 Å².